The average Bonchev–Trinajstić information content (AvgIpc) is 3.58. The van der Waals surface area contributed by atoms with Crippen LogP contribution >= 0.6 is 0 Å². The molecule has 5 rings (SSSR count). The molecule has 3 amide bonds. The first-order valence-corrected chi connectivity index (χ1v) is 14.0. The zero-order valence-corrected chi connectivity index (χ0v) is 21.6. The van der Waals surface area contributed by atoms with Crippen LogP contribution in [0.3, 0.4) is 0 Å². The largest absolute Gasteiger partial charge is 0.486 e. The molecule has 0 unspecified atom stereocenters. The van der Waals surface area contributed by atoms with Crippen molar-refractivity contribution in [2.24, 2.45) is 0 Å². The predicted molar refractivity (Wildman–Crippen MR) is 139 cm³/mol. The molecule has 2 aliphatic heterocycles. The molecule has 0 radical (unpaired) electrons. The van der Waals surface area contributed by atoms with E-state index in [9.17, 15) is 18.6 Å². The maximum atomic E-state index is 13.3. The number of nitrogens with zero attached hydrogens (tertiary/aromatic N) is 1. The fraction of sp³-hybridized carbons (Fsp3) is 0.423. The lowest BCUT2D eigenvalue weighted by Gasteiger charge is -2.25. The summed E-state index contributed by atoms with van der Waals surface area (Å²) in [5, 5.41) is 5.64. The molecule has 2 N–H and O–H groups in total. The summed E-state index contributed by atoms with van der Waals surface area (Å²) in [5.41, 5.74) is 0.881. The molecule has 2 aromatic rings. The van der Waals surface area contributed by atoms with Gasteiger partial charge in [0.05, 0.1) is 0 Å². The second kappa shape index (κ2) is 11.7. The number of hydrogen-bond acceptors (Lipinski definition) is 8. The third-order valence-corrected chi connectivity index (χ3v) is 7.55. The van der Waals surface area contributed by atoms with Crippen molar-refractivity contribution >= 4 is 39.9 Å². The Morgan fingerprint density at radius 2 is 1.53 bits per heavy atom. The molecule has 1 aliphatic carbocycles. The smallest absolute Gasteiger partial charge is 0.240 e. The van der Waals surface area contributed by atoms with E-state index in [0.29, 0.717) is 47.6 Å². The highest BCUT2D eigenvalue weighted by atomic mass is 32.2. The van der Waals surface area contributed by atoms with Gasteiger partial charge in [0, 0.05) is 40.3 Å². The Morgan fingerprint density at radius 1 is 0.842 bits per heavy atom. The fourth-order valence-electron chi connectivity index (χ4n) is 4.59. The van der Waals surface area contributed by atoms with Crippen LogP contribution in [0, 0.1) is 0 Å². The molecule has 2 aromatic carbocycles. The monoisotopic (exact) mass is 543 g/mol. The first kappa shape index (κ1) is 25.8. The molecule has 1 saturated carbocycles. The van der Waals surface area contributed by atoms with Gasteiger partial charge in [-0.3, -0.25) is 18.6 Å². The van der Waals surface area contributed by atoms with Crippen molar-refractivity contribution in [3.8, 4) is 23.0 Å². The number of carbonyl (C=O) groups is 3. The van der Waals surface area contributed by atoms with Crippen LogP contribution in [0.1, 0.15) is 25.7 Å². The van der Waals surface area contributed by atoms with Gasteiger partial charge in [0.25, 0.3) is 0 Å². The van der Waals surface area contributed by atoms with Gasteiger partial charge in [-0.15, -0.1) is 0 Å². The minimum absolute atomic E-state index is 0.0914. The van der Waals surface area contributed by atoms with Crippen LogP contribution in [0.4, 0.5) is 11.4 Å². The molecule has 12 heteroatoms. The number of anilines is 2. The summed E-state index contributed by atoms with van der Waals surface area (Å²) in [7, 11) is -1.81. The Hall–Kier alpha value is -3.80. The zero-order chi connectivity index (χ0) is 26.5. The summed E-state index contributed by atoms with van der Waals surface area (Å²) in [6, 6.07) is 9.98. The van der Waals surface area contributed by atoms with E-state index in [1.165, 1.54) is 4.90 Å². The first-order chi connectivity index (χ1) is 18.4. The molecular formula is C26H29N3O8S. The first-order valence-electron chi connectivity index (χ1n) is 12.5. The van der Waals surface area contributed by atoms with Gasteiger partial charge < -0.3 is 34.5 Å². The van der Waals surface area contributed by atoms with Crippen molar-refractivity contribution in [3.63, 3.8) is 0 Å². The second-order valence-corrected chi connectivity index (χ2v) is 10.7. The molecule has 202 valence electrons. The van der Waals surface area contributed by atoms with Gasteiger partial charge in [0.2, 0.25) is 24.5 Å². The molecule has 0 aromatic heterocycles. The van der Waals surface area contributed by atoms with Gasteiger partial charge in [0.15, 0.2) is 23.0 Å². The standard InChI is InChI=1S/C26H29N3O8S/c30-24(27-17-3-1-2-4-17)13-29(19-6-8-20-23(12-19)35-10-9-34-20)26(32)15-38(33)14-25(31)28-18-5-7-21-22(11-18)37-16-36-21/h5-8,11-12,17H,1-4,9-10,13-16H2,(H,27,30)(H,28,31)/t38-/m1/s1. The SMILES string of the molecule is O=C(C[S@@](=O)CC(=O)N(CC(=O)NC1CCCC1)c1ccc2c(c1)OCCO2)Nc1ccc2c(c1)OCO2. The number of ether oxygens (including phenoxy) is 4. The van der Waals surface area contributed by atoms with Crippen LogP contribution in [0.25, 0.3) is 0 Å². The van der Waals surface area contributed by atoms with E-state index in [4.69, 9.17) is 18.9 Å². The Kier molecular flexibility index (Phi) is 7.97. The Balaban J connectivity index is 1.23. The lowest BCUT2D eigenvalue weighted by Crippen LogP contribution is -2.45. The van der Waals surface area contributed by atoms with E-state index in [1.807, 2.05) is 0 Å². The second-order valence-electron chi connectivity index (χ2n) is 9.20. The van der Waals surface area contributed by atoms with Crippen molar-refractivity contribution in [1.29, 1.82) is 0 Å². The molecule has 0 bridgehead atoms. The Bertz CT molecular complexity index is 1250. The molecule has 0 spiro atoms. The fourth-order valence-corrected chi connectivity index (χ4v) is 5.49. The average molecular weight is 544 g/mol. The summed E-state index contributed by atoms with van der Waals surface area (Å²) in [4.78, 5) is 39.8. The summed E-state index contributed by atoms with van der Waals surface area (Å²) in [6.45, 7) is 0.661. The third kappa shape index (κ3) is 6.36. The minimum Gasteiger partial charge on any atom is -0.486 e. The summed E-state index contributed by atoms with van der Waals surface area (Å²) in [6.07, 6.45) is 3.94. The molecule has 0 saturated heterocycles. The van der Waals surface area contributed by atoms with Crippen LogP contribution in [0.5, 0.6) is 23.0 Å². The van der Waals surface area contributed by atoms with Crippen LogP contribution in [-0.4, -0.2) is 66.0 Å². The molecule has 1 fully saturated rings. The number of benzene rings is 2. The van der Waals surface area contributed by atoms with E-state index in [2.05, 4.69) is 10.6 Å². The van der Waals surface area contributed by atoms with E-state index < -0.39 is 28.4 Å². The van der Waals surface area contributed by atoms with Gasteiger partial charge in [-0.1, -0.05) is 12.8 Å². The van der Waals surface area contributed by atoms with Gasteiger partial charge in [-0.05, 0) is 37.1 Å². The number of rotatable bonds is 9. The lowest BCUT2D eigenvalue weighted by atomic mass is 10.2. The van der Waals surface area contributed by atoms with E-state index in [-0.39, 0.29) is 31.0 Å². The van der Waals surface area contributed by atoms with Crippen molar-refractivity contribution in [3.05, 3.63) is 36.4 Å². The molecule has 2 heterocycles. The highest BCUT2D eigenvalue weighted by molar-refractivity contribution is 7.86. The van der Waals surface area contributed by atoms with Crippen LogP contribution < -0.4 is 34.5 Å². The van der Waals surface area contributed by atoms with E-state index in [1.54, 1.807) is 36.4 Å². The number of amides is 3. The molecular weight excluding hydrogens is 514 g/mol. The van der Waals surface area contributed by atoms with E-state index in [0.717, 1.165) is 25.7 Å². The van der Waals surface area contributed by atoms with Crippen LogP contribution in [0.15, 0.2) is 36.4 Å². The summed E-state index contributed by atoms with van der Waals surface area (Å²) < 4.78 is 34.5. The number of fused-ring (bicyclic) bond motifs is 2. The number of carbonyl (C=O) groups excluding carboxylic acids is 3. The van der Waals surface area contributed by atoms with Crippen molar-refractivity contribution in [2.45, 2.75) is 31.7 Å². The predicted octanol–water partition coefficient (Wildman–Crippen LogP) is 1.97. The van der Waals surface area contributed by atoms with E-state index >= 15 is 0 Å². The lowest BCUT2D eigenvalue weighted by molar-refractivity contribution is -0.123. The quantitative estimate of drug-likeness (QED) is 0.491. The Labute approximate surface area is 222 Å². The van der Waals surface area contributed by atoms with Gasteiger partial charge in [0.1, 0.15) is 31.3 Å². The molecule has 3 aliphatic rings. The Morgan fingerprint density at radius 3 is 2.34 bits per heavy atom. The van der Waals surface area contributed by atoms with Crippen molar-refractivity contribution < 1.29 is 37.5 Å². The number of hydrogen-bond donors (Lipinski definition) is 2. The van der Waals surface area contributed by atoms with Gasteiger partial charge >= 0.3 is 0 Å². The number of nitrogens with one attached hydrogen (secondary N) is 2. The summed E-state index contributed by atoms with van der Waals surface area (Å²) >= 11 is 0. The van der Waals surface area contributed by atoms with Gasteiger partial charge in [-0.2, -0.15) is 0 Å². The van der Waals surface area contributed by atoms with Crippen LogP contribution in [0.2, 0.25) is 0 Å². The highest BCUT2D eigenvalue weighted by Crippen LogP contribution is 2.35. The highest BCUT2D eigenvalue weighted by Gasteiger charge is 2.26. The van der Waals surface area contributed by atoms with Crippen molar-refractivity contribution in [2.75, 3.05) is 48.3 Å². The van der Waals surface area contributed by atoms with Gasteiger partial charge in [-0.25, -0.2) is 0 Å². The third-order valence-electron chi connectivity index (χ3n) is 6.39. The topological polar surface area (TPSA) is 133 Å². The normalized spacial score (nSPS) is 16.5. The molecule has 1 atom stereocenters. The van der Waals surface area contributed by atoms with Crippen LogP contribution in [-0.2, 0) is 25.2 Å². The molecule has 38 heavy (non-hydrogen) atoms. The maximum Gasteiger partial charge on any atom is 0.240 e. The summed E-state index contributed by atoms with van der Waals surface area (Å²) in [5.74, 6) is -0.0795. The molecule has 11 nitrogen and oxygen atoms in total. The maximum absolute atomic E-state index is 13.3. The zero-order valence-electron chi connectivity index (χ0n) is 20.7. The minimum atomic E-state index is -1.81. The van der Waals surface area contributed by atoms with Crippen molar-refractivity contribution in [1.82, 2.24) is 5.32 Å².